The Labute approximate surface area is 169 Å². The molecule has 0 saturated heterocycles. The van der Waals surface area contributed by atoms with Crippen LogP contribution in [-0.4, -0.2) is 26.0 Å². The molecule has 0 radical (unpaired) electrons. The lowest BCUT2D eigenvalue weighted by atomic mass is 10.3. The minimum atomic E-state index is 0.499. The van der Waals surface area contributed by atoms with Crippen LogP contribution in [0.5, 0.6) is 11.5 Å². The van der Waals surface area contributed by atoms with Crippen LogP contribution >= 0.6 is 16.1 Å². The molecule has 4 aromatic rings. The first-order chi connectivity index (χ1) is 13.7. The molecular weight excluding hydrogens is 422 g/mol. The number of para-hydroxylation sites is 1. The molecule has 0 saturated carbocycles. The molecule has 0 aliphatic heterocycles. The summed E-state index contributed by atoms with van der Waals surface area (Å²) in [5.74, 6) is 1.99. The first kappa shape index (κ1) is 18.0. The third kappa shape index (κ3) is 3.54. The van der Waals surface area contributed by atoms with Crippen molar-refractivity contribution in [1.82, 2.24) is 14.5 Å². The zero-order valence-corrected chi connectivity index (χ0v) is 16.5. The number of benzene rings is 2. The van der Waals surface area contributed by atoms with Crippen LogP contribution in [0.15, 0.2) is 72.0 Å². The molecule has 4 rings (SSSR count). The maximum absolute atomic E-state index is 8.64. The number of nitrogens with zero attached hydrogens (tertiary/aromatic N) is 5. The van der Waals surface area contributed by atoms with Crippen LogP contribution in [-0.2, 0) is 7.05 Å². The standard InChI is InChI=1S/C20H16BrN5O2/c1-25-19-8-7-16(28-17-9-10-22-14(11-17)13-23-27)12-18(19)24-20(25)26(21)15-5-3-2-4-6-15/h2-13,27H,1H3. The van der Waals surface area contributed by atoms with Crippen LogP contribution in [0.2, 0.25) is 0 Å². The SMILES string of the molecule is Cn1c(N(Br)c2ccccc2)nc2cc(Oc3ccnc(C=NO)c3)ccc21. The Morgan fingerprint density at radius 3 is 2.68 bits per heavy atom. The Bertz CT molecular complexity index is 1140. The number of pyridine rings is 1. The quantitative estimate of drug-likeness (QED) is 0.205. The largest absolute Gasteiger partial charge is 0.457 e. The van der Waals surface area contributed by atoms with E-state index in [2.05, 4.69) is 26.3 Å². The number of ether oxygens (including phenoxy) is 1. The second kappa shape index (κ2) is 7.69. The minimum Gasteiger partial charge on any atom is -0.457 e. The predicted octanol–water partition coefficient (Wildman–Crippen LogP) is 5.02. The van der Waals surface area contributed by atoms with Crippen LogP contribution in [0.1, 0.15) is 5.69 Å². The van der Waals surface area contributed by atoms with Crippen LogP contribution in [0.25, 0.3) is 11.0 Å². The van der Waals surface area contributed by atoms with Crippen molar-refractivity contribution in [1.29, 1.82) is 0 Å². The predicted molar refractivity (Wildman–Crippen MR) is 112 cm³/mol. The summed E-state index contributed by atoms with van der Waals surface area (Å²) in [4.78, 5) is 8.80. The number of imidazole rings is 1. The van der Waals surface area contributed by atoms with Gasteiger partial charge in [-0.15, -0.1) is 0 Å². The molecule has 0 aliphatic carbocycles. The van der Waals surface area contributed by atoms with Crippen molar-refractivity contribution in [2.24, 2.45) is 12.2 Å². The van der Waals surface area contributed by atoms with Gasteiger partial charge in [-0.2, -0.15) is 0 Å². The number of aromatic nitrogens is 3. The van der Waals surface area contributed by atoms with E-state index in [1.165, 1.54) is 6.21 Å². The Kier molecular flexibility index (Phi) is 4.94. The van der Waals surface area contributed by atoms with Crippen molar-refractivity contribution < 1.29 is 9.94 Å². The van der Waals surface area contributed by atoms with Gasteiger partial charge in [0.25, 0.3) is 0 Å². The molecule has 2 aromatic carbocycles. The Balaban J connectivity index is 1.65. The van der Waals surface area contributed by atoms with E-state index in [0.717, 1.165) is 22.7 Å². The van der Waals surface area contributed by atoms with Crippen molar-refractivity contribution >= 4 is 45.0 Å². The summed E-state index contributed by atoms with van der Waals surface area (Å²) in [6, 6.07) is 19.1. The average molecular weight is 438 g/mol. The second-order valence-corrected chi connectivity index (χ2v) is 6.71. The highest BCUT2D eigenvalue weighted by molar-refractivity contribution is 9.10. The normalized spacial score (nSPS) is 11.2. The summed E-state index contributed by atoms with van der Waals surface area (Å²) in [6.45, 7) is 0. The summed E-state index contributed by atoms with van der Waals surface area (Å²) in [5, 5.41) is 11.6. The van der Waals surface area contributed by atoms with Gasteiger partial charge in [-0.3, -0.25) is 4.98 Å². The molecule has 140 valence electrons. The topological polar surface area (TPSA) is 75.8 Å². The number of aryl methyl sites for hydroxylation is 1. The highest BCUT2D eigenvalue weighted by Crippen LogP contribution is 2.32. The van der Waals surface area contributed by atoms with E-state index in [9.17, 15) is 0 Å². The fourth-order valence-electron chi connectivity index (χ4n) is 2.84. The first-order valence-corrected chi connectivity index (χ1v) is 9.15. The Morgan fingerprint density at radius 2 is 1.89 bits per heavy atom. The van der Waals surface area contributed by atoms with E-state index in [-0.39, 0.29) is 0 Å². The molecule has 8 heteroatoms. The van der Waals surface area contributed by atoms with Gasteiger partial charge in [-0.25, -0.2) is 8.91 Å². The van der Waals surface area contributed by atoms with E-state index >= 15 is 0 Å². The summed E-state index contributed by atoms with van der Waals surface area (Å²) < 4.78 is 9.77. The number of oxime groups is 1. The van der Waals surface area contributed by atoms with Crippen molar-refractivity contribution in [3.8, 4) is 11.5 Å². The molecule has 0 amide bonds. The lowest BCUT2D eigenvalue weighted by Gasteiger charge is -2.15. The lowest BCUT2D eigenvalue weighted by Crippen LogP contribution is -2.06. The number of hydrogen-bond acceptors (Lipinski definition) is 6. The third-order valence-electron chi connectivity index (χ3n) is 4.17. The molecule has 7 nitrogen and oxygen atoms in total. The maximum Gasteiger partial charge on any atom is 0.221 e. The van der Waals surface area contributed by atoms with Crippen LogP contribution in [0.4, 0.5) is 11.6 Å². The summed E-state index contributed by atoms with van der Waals surface area (Å²) in [6.07, 6.45) is 2.83. The minimum absolute atomic E-state index is 0.499. The number of halogens is 1. The summed E-state index contributed by atoms with van der Waals surface area (Å²) in [5.41, 5.74) is 3.26. The van der Waals surface area contributed by atoms with Gasteiger partial charge in [0.15, 0.2) is 0 Å². The molecule has 1 N–H and O–H groups in total. The van der Waals surface area contributed by atoms with E-state index in [0.29, 0.717) is 17.2 Å². The summed E-state index contributed by atoms with van der Waals surface area (Å²) >= 11 is 3.60. The zero-order valence-electron chi connectivity index (χ0n) is 14.9. The number of fused-ring (bicyclic) bond motifs is 1. The van der Waals surface area contributed by atoms with Crippen molar-refractivity contribution in [3.05, 3.63) is 72.6 Å². The van der Waals surface area contributed by atoms with Gasteiger partial charge in [0.1, 0.15) is 11.5 Å². The van der Waals surface area contributed by atoms with Crippen LogP contribution in [0.3, 0.4) is 0 Å². The van der Waals surface area contributed by atoms with Crippen molar-refractivity contribution in [2.45, 2.75) is 0 Å². The maximum atomic E-state index is 8.64. The fraction of sp³-hybridized carbons (Fsp3) is 0.0500. The van der Waals surface area contributed by atoms with Gasteiger partial charge >= 0.3 is 0 Å². The van der Waals surface area contributed by atoms with E-state index in [1.807, 2.05) is 64.1 Å². The van der Waals surface area contributed by atoms with Gasteiger partial charge in [0.05, 0.1) is 44.8 Å². The van der Waals surface area contributed by atoms with Crippen molar-refractivity contribution in [3.63, 3.8) is 0 Å². The zero-order chi connectivity index (χ0) is 19.5. The van der Waals surface area contributed by atoms with Crippen LogP contribution < -0.4 is 8.66 Å². The molecule has 0 bridgehead atoms. The Morgan fingerprint density at radius 1 is 1.11 bits per heavy atom. The highest BCUT2D eigenvalue weighted by Gasteiger charge is 2.15. The van der Waals surface area contributed by atoms with Gasteiger partial charge < -0.3 is 14.5 Å². The second-order valence-electron chi connectivity index (χ2n) is 6.00. The number of anilines is 2. The van der Waals surface area contributed by atoms with E-state index in [4.69, 9.17) is 14.9 Å². The van der Waals surface area contributed by atoms with Crippen LogP contribution in [0, 0.1) is 0 Å². The molecule has 0 aliphatic rings. The molecule has 2 aromatic heterocycles. The highest BCUT2D eigenvalue weighted by atomic mass is 79.9. The van der Waals surface area contributed by atoms with Gasteiger partial charge in [-0.05, 0) is 30.3 Å². The molecule has 0 atom stereocenters. The molecule has 0 unspecified atom stereocenters. The van der Waals surface area contributed by atoms with Gasteiger partial charge in [0, 0.05) is 25.4 Å². The molecule has 2 heterocycles. The molecule has 0 spiro atoms. The monoisotopic (exact) mass is 437 g/mol. The average Bonchev–Trinajstić information content (AvgIpc) is 3.04. The Hall–Kier alpha value is -3.39. The number of rotatable bonds is 5. The van der Waals surface area contributed by atoms with Gasteiger partial charge in [-0.1, -0.05) is 23.4 Å². The van der Waals surface area contributed by atoms with Crippen molar-refractivity contribution in [2.75, 3.05) is 3.93 Å². The fourth-order valence-corrected chi connectivity index (χ4v) is 3.39. The van der Waals surface area contributed by atoms with E-state index in [1.54, 1.807) is 18.3 Å². The lowest BCUT2D eigenvalue weighted by molar-refractivity contribution is 0.321. The molecule has 0 fully saturated rings. The first-order valence-electron chi connectivity index (χ1n) is 8.44. The molecular formula is C20H16BrN5O2. The number of hydrogen-bond donors (Lipinski definition) is 1. The summed E-state index contributed by atoms with van der Waals surface area (Å²) in [7, 11) is 1.96. The molecule has 28 heavy (non-hydrogen) atoms. The smallest absolute Gasteiger partial charge is 0.221 e. The van der Waals surface area contributed by atoms with E-state index < -0.39 is 0 Å². The van der Waals surface area contributed by atoms with Gasteiger partial charge in [0.2, 0.25) is 5.95 Å². The third-order valence-corrected chi connectivity index (χ3v) is 4.89.